The lowest BCUT2D eigenvalue weighted by Crippen LogP contribution is -2.46. The van der Waals surface area contributed by atoms with Crippen LogP contribution in [0.15, 0.2) is 18.5 Å². The molecule has 19 heavy (non-hydrogen) atoms. The van der Waals surface area contributed by atoms with Crippen LogP contribution in [-0.4, -0.2) is 44.8 Å². The number of rotatable bonds is 6. The number of aliphatic hydroxyl groups is 2. The lowest BCUT2D eigenvalue weighted by atomic mass is 9.79. The lowest BCUT2D eigenvalue weighted by Gasteiger charge is -2.36. The van der Waals surface area contributed by atoms with E-state index in [-0.39, 0.29) is 0 Å². The molecule has 0 radical (unpaired) electrons. The Labute approximate surface area is 114 Å². The zero-order valence-electron chi connectivity index (χ0n) is 11.6. The summed E-state index contributed by atoms with van der Waals surface area (Å²) in [5.74, 6) is 0.592. The van der Waals surface area contributed by atoms with Gasteiger partial charge in [-0.25, -0.2) is 0 Å². The Kier molecular flexibility index (Phi) is 4.96. The third-order valence-electron chi connectivity index (χ3n) is 3.86. The van der Waals surface area contributed by atoms with E-state index < -0.39 is 11.7 Å². The number of hydrogen-bond acceptors (Lipinski definition) is 4. The van der Waals surface area contributed by atoms with Gasteiger partial charge in [-0.1, -0.05) is 19.8 Å². The Morgan fingerprint density at radius 3 is 3.11 bits per heavy atom. The zero-order valence-corrected chi connectivity index (χ0v) is 11.6. The summed E-state index contributed by atoms with van der Waals surface area (Å²) in [6.07, 6.45) is 7.07. The minimum Gasteiger partial charge on any atom is -0.390 e. The van der Waals surface area contributed by atoms with E-state index >= 15 is 0 Å². The Bertz CT molecular complexity index is 369. The van der Waals surface area contributed by atoms with Gasteiger partial charge in [0.2, 0.25) is 0 Å². The first-order valence-electron chi connectivity index (χ1n) is 7.16. The van der Waals surface area contributed by atoms with Crippen LogP contribution in [0.1, 0.15) is 32.6 Å². The summed E-state index contributed by atoms with van der Waals surface area (Å²) in [7, 11) is 0. The molecule has 3 unspecified atom stereocenters. The van der Waals surface area contributed by atoms with Gasteiger partial charge in [-0.2, -0.15) is 5.10 Å². The summed E-state index contributed by atoms with van der Waals surface area (Å²) in [6.45, 7) is 3.72. The number of nitrogens with zero attached hydrogens (tertiary/aromatic N) is 2. The minimum atomic E-state index is -0.594. The van der Waals surface area contributed by atoms with Gasteiger partial charge < -0.3 is 15.5 Å². The van der Waals surface area contributed by atoms with Crippen LogP contribution in [0.3, 0.4) is 0 Å². The first-order valence-corrected chi connectivity index (χ1v) is 7.16. The first-order chi connectivity index (χ1) is 9.07. The Balaban J connectivity index is 1.68. The SMILES string of the molecule is CC1CCCC(O)(CNCC(O)Cn2cccn2)C1. The second-order valence-corrected chi connectivity index (χ2v) is 5.94. The van der Waals surface area contributed by atoms with Crippen molar-refractivity contribution in [1.29, 1.82) is 0 Å². The molecule has 1 aliphatic rings. The van der Waals surface area contributed by atoms with E-state index in [9.17, 15) is 10.2 Å². The van der Waals surface area contributed by atoms with Crippen molar-refractivity contribution in [2.75, 3.05) is 13.1 Å². The van der Waals surface area contributed by atoms with Gasteiger partial charge in [0.05, 0.1) is 18.2 Å². The molecule has 2 rings (SSSR count). The highest BCUT2D eigenvalue weighted by Gasteiger charge is 2.32. The average Bonchev–Trinajstić information content (AvgIpc) is 2.81. The summed E-state index contributed by atoms with van der Waals surface area (Å²) >= 11 is 0. The maximum atomic E-state index is 10.4. The van der Waals surface area contributed by atoms with Crippen LogP contribution in [-0.2, 0) is 6.54 Å². The van der Waals surface area contributed by atoms with Crippen LogP contribution in [0.2, 0.25) is 0 Å². The quantitative estimate of drug-likeness (QED) is 0.712. The van der Waals surface area contributed by atoms with Crippen LogP contribution in [0, 0.1) is 5.92 Å². The highest BCUT2D eigenvalue weighted by atomic mass is 16.3. The molecule has 0 saturated heterocycles. The molecule has 5 nitrogen and oxygen atoms in total. The zero-order chi connectivity index (χ0) is 13.7. The van der Waals surface area contributed by atoms with Crippen LogP contribution in [0.25, 0.3) is 0 Å². The predicted octanol–water partition coefficient (Wildman–Crippen LogP) is 0.775. The molecule has 3 N–H and O–H groups in total. The third kappa shape index (κ3) is 4.60. The van der Waals surface area contributed by atoms with E-state index in [1.807, 2.05) is 12.3 Å². The molecule has 108 valence electrons. The van der Waals surface area contributed by atoms with Gasteiger partial charge in [0.15, 0.2) is 0 Å². The van der Waals surface area contributed by atoms with Gasteiger partial charge in [-0.3, -0.25) is 4.68 Å². The Morgan fingerprint density at radius 1 is 1.58 bits per heavy atom. The van der Waals surface area contributed by atoms with Crippen LogP contribution < -0.4 is 5.32 Å². The molecule has 1 saturated carbocycles. The van der Waals surface area contributed by atoms with Crippen molar-refractivity contribution in [2.45, 2.75) is 50.9 Å². The second kappa shape index (κ2) is 6.50. The maximum Gasteiger partial charge on any atom is 0.0860 e. The van der Waals surface area contributed by atoms with Crippen LogP contribution >= 0.6 is 0 Å². The molecule has 1 heterocycles. The van der Waals surface area contributed by atoms with Gasteiger partial charge in [-0.05, 0) is 24.8 Å². The second-order valence-electron chi connectivity index (χ2n) is 5.94. The van der Waals surface area contributed by atoms with Crippen molar-refractivity contribution in [3.05, 3.63) is 18.5 Å². The number of aliphatic hydroxyl groups excluding tert-OH is 1. The topological polar surface area (TPSA) is 70.3 Å². The maximum absolute atomic E-state index is 10.4. The smallest absolute Gasteiger partial charge is 0.0860 e. The molecule has 0 amide bonds. The molecule has 1 aromatic heterocycles. The van der Waals surface area contributed by atoms with Crippen molar-refractivity contribution < 1.29 is 10.2 Å². The van der Waals surface area contributed by atoms with Gasteiger partial charge in [0.25, 0.3) is 0 Å². The van der Waals surface area contributed by atoms with E-state index in [0.717, 1.165) is 19.3 Å². The molecule has 1 aromatic rings. The summed E-state index contributed by atoms with van der Waals surface area (Å²) in [5.41, 5.74) is -0.594. The van der Waals surface area contributed by atoms with Crippen molar-refractivity contribution in [3.63, 3.8) is 0 Å². The summed E-state index contributed by atoms with van der Waals surface area (Å²) in [6, 6.07) is 1.84. The van der Waals surface area contributed by atoms with Gasteiger partial charge in [-0.15, -0.1) is 0 Å². The fraction of sp³-hybridized carbons (Fsp3) is 0.786. The largest absolute Gasteiger partial charge is 0.390 e. The normalized spacial score (nSPS) is 29.3. The first kappa shape index (κ1) is 14.5. The van der Waals surface area contributed by atoms with Crippen molar-refractivity contribution >= 4 is 0 Å². The van der Waals surface area contributed by atoms with E-state index in [0.29, 0.717) is 25.6 Å². The highest BCUT2D eigenvalue weighted by molar-refractivity contribution is 4.87. The molecule has 0 spiro atoms. The van der Waals surface area contributed by atoms with Crippen molar-refractivity contribution in [3.8, 4) is 0 Å². The summed E-state index contributed by atoms with van der Waals surface area (Å²) in [5, 5.41) is 27.6. The van der Waals surface area contributed by atoms with E-state index in [2.05, 4.69) is 17.3 Å². The molecule has 5 heteroatoms. The molecular formula is C14H25N3O2. The molecule has 1 fully saturated rings. The van der Waals surface area contributed by atoms with Gasteiger partial charge in [0.1, 0.15) is 0 Å². The Hall–Kier alpha value is -0.910. The van der Waals surface area contributed by atoms with Gasteiger partial charge in [0, 0.05) is 25.5 Å². The fourth-order valence-electron chi connectivity index (χ4n) is 2.95. The summed E-state index contributed by atoms with van der Waals surface area (Å²) in [4.78, 5) is 0. The van der Waals surface area contributed by atoms with Crippen molar-refractivity contribution in [1.82, 2.24) is 15.1 Å². The summed E-state index contributed by atoms with van der Waals surface area (Å²) < 4.78 is 1.71. The fourth-order valence-corrected chi connectivity index (χ4v) is 2.95. The van der Waals surface area contributed by atoms with Crippen molar-refractivity contribution in [2.24, 2.45) is 5.92 Å². The molecular weight excluding hydrogens is 242 g/mol. The molecule has 0 aliphatic heterocycles. The predicted molar refractivity (Wildman–Crippen MR) is 73.7 cm³/mol. The number of hydrogen-bond donors (Lipinski definition) is 3. The Morgan fingerprint density at radius 2 is 2.42 bits per heavy atom. The van der Waals surface area contributed by atoms with E-state index in [4.69, 9.17) is 0 Å². The number of nitrogens with one attached hydrogen (secondary N) is 1. The standard InChI is InChI=1S/C14H25N3O2/c1-12-4-2-5-14(19,8-12)11-15-9-13(18)10-17-7-3-6-16-17/h3,6-7,12-13,15,18-19H,2,4-5,8-11H2,1H3. The highest BCUT2D eigenvalue weighted by Crippen LogP contribution is 2.31. The monoisotopic (exact) mass is 267 g/mol. The molecule has 0 bridgehead atoms. The molecule has 1 aliphatic carbocycles. The minimum absolute atomic E-state index is 0.481. The molecule has 3 atom stereocenters. The van der Waals surface area contributed by atoms with E-state index in [1.165, 1.54) is 6.42 Å². The average molecular weight is 267 g/mol. The van der Waals surface area contributed by atoms with Crippen LogP contribution in [0.5, 0.6) is 0 Å². The number of aromatic nitrogens is 2. The molecule has 0 aromatic carbocycles. The van der Waals surface area contributed by atoms with E-state index in [1.54, 1.807) is 10.9 Å². The third-order valence-corrected chi connectivity index (χ3v) is 3.86. The lowest BCUT2D eigenvalue weighted by molar-refractivity contribution is -0.0138. The van der Waals surface area contributed by atoms with Gasteiger partial charge >= 0.3 is 0 Å². The van der Waals surface area contributed by atoms with Crippen LogP contribution in [0.4, 0.5) is 0 Å².